The van der Waals surface area contributed by atoms with Crippen molar-refractivity contribution in [3.63, 3.8) is 0 Å². The third kappa shape index (κ3) is 2.73. The van der Waals surface area contributed by atoms with Crippen LogP contribution in [0.15, 0.2) is 0 Å². The molecule has 3 unspecified atom stereocenters. The Bertz CT molecular complexity index is 271. The van der Waals surface area contributed by atoms with Crippen molar-refractivity contribution in [3.05, 3.63) is 0 Å². The van der Waals surface area contributed by atoms with Gasteiger partial charge in [-0.25, -0.2) is 0 Å². The summed E-state index contributed by atoms with van der Waals surface area (Å²) in [6, 6.07) is 0. The van der Waals surface area contributed by atoms with Crippen LogP contribution in [0.3, 0.4) is 0 Å². The first-order valence-electron chi connectivity index (χ1n) is 7.06. The van der Waals surface area contributed by atoms with Crippen molar-refractivity contribution in [2.24, 2.45) is 5.41 Å². The van der Waals surface area contributed by atoms with E-state index in [1.165, 1.54) is 30.8 Å². The lowest BCUT2D eigenvalue weighted by Crippen LogP contribution is -2.67. The van der Waals surface area contributed by atoms with Crippen LogP contribution in [0.4, 0.5) is 0 Å². The molecule has 1 rings (SSSR count). The zero-order chi connectivity index (χ0) is 13.9. The van der Waals surface area contributed by atoms with Crippen molar-refractivity contribution in [2.45, 2.75) is 70.3 Å². The van der Waals surface area contributed by atoms with E-state index in [1.807, 2.05) is 10.8 Å². The van der Waals surface area contributed by atoms with Gasteiger partial charge >= 0.3 is 0 Å². The van der Waals surface area contributed by atoms with E-state index >= 15 is 0 Å². The highest BCUT2D eigenvalue weighted by molar-refractivity contribution is 8.78. The minimum Gasteiger partial charge on any atom is -0.0939 e. The van der Waals surface area contributed by atoms with Crippen LogP contribution in [0.5, 0.6) is 0 Å². The molecule has 1 saturated carbocycles. The molecule has 1 aliphatic carbocycles. The van der Waals surface area contributed by atoms with Gasteiger partial charge in [-0.15, -0.1) is 0 Å². The Labute approximate surface area is 130 Å². The van der Waals surface area contributed by atoms with E-state index < -0.39 is 0 Å². The van der Waals surface area contributed by atoms with Crippen molar-refractivity contribution < 1.29 is 0 Å². The molecular formula is C14H28S4. The lowest BCUT2D eigenvalue weighted by atomic mass is 9.51. The molecule has 4 heteroatoms. The van der Waals surface area contributed by atoms with Crippen molar-refractivity contribution >= 4 is 43.2 Å². The Morgan fingerprint density at radius 1 is 0.833 bits per heavy atom. The Morgan fingerprint density at radius 2 is 1.39 bits per heavy atom. The first-order chi connectivity index (χ1) is 8.45. The van der Waals surface area contributed by atoms with Crippen molar-refractivity contribution in [3.8, 4) is 0 Å². The molecule has 0 amide bonds. The molecule has 0 aromatic rings. The summed E-state index contributed by atoms with van der Waals surface area (Å²) in [4.78, 5) is 0. The van der Waals surface area contributed by atoms with Gasteiger partial charge in [0.25, 0.3) is 0 Å². The maximum atomic E-state index is 2.53. The van der Waals surface area contributed by atoms with Crippen LogP contribution in [0, 0.1) is 5.41 Å². The first kappa shape index (κ1) is 17.5. The largest absolute Gasteiger partial charge is 0.0939 e. The third-order valence-electron chi connectivity index (χ3n) is 4.77. The lowest BCUT2D eigenvalue weighted by molar-refractivity contribution is 0.0291. The zero-order valence-electron chi connectivity index (χ0n) is 12.7. The van der Waals surface area contributed by atoms with Crippen LogP contribution in [-0.2, 0) is 0 Å². The van der Waals surface area contributed by atoms with Crippen LogP contribution < -0.4 is 0 Å². The summed E-state index contributed by atoms with van der Waals surface area (Å²) in [5.41, 5.74) is 0.467. The second-order valence-electron chi connectivity index (χ2n) is 5.42. The fraction of sp³-hybridized carbons (Fsp3) is 1.00. The van der Waals surface area contributed by atoms with Crippen molar-refractivity contribution in [1.82, 2.24) is 0 Å². The number of hydrogen-bond donors (Lipinski definition) is 0. The average molecular weight is 325 g/mol. The monoisotopic (exact) mass is 324 g/mol. The zero-order valence-corrected chi connectivity index (χ0v) is 15.9. The van der Waals surface area contributed by atoms with Crippen LogP contribution in [0.2, 0.25) is 0 Å². The lowest BCUT2D eigenvalue weighted by Gasteiger charge is -2.68. The van der Waals surface area contributed by atoms with Crippen molar-refractivity contribution in [1.29, 1.82) is 0 Å². The summed E-state index contributed by atoms with van der Waals surface area (Å²) in [7, 11) is 8.42. The fourth-order valence-corrected chi connectivity index (χ4v) is 9.88. The Morgan fingerprint density at radius 3 is 1.83 bits per heavy atom. The van der Waals surface area contributed by atoms with Gasteiger partial charge in [0, 0.05) is 21.0 Å². The molecule has 108 valence electrons. The summed E-state index contributed by atoms with van der Waals surface area (Å²) in [6.45, 7) is 14.3. The molecule has 0 radical (unpaired) electrons. The molecule has 0 heterocycles. The minimum atomic E-state index is 0.458. The Kier molecular flexibility index (Phi) is 6.70. The minimum absolute atomic E-state index is 0.458. The van der Waals surface area contributed by atoms with Gasteiger partial charge in [0.05, 0.1) is 0 Å². The molecule has 1 fully saturated rings. The quantitative estimate of drug-likeness (QED) is 0.466. The topological polar surface area (TPSA) is 0 Å². The van der Waals surface area contributed by atoms with Crippen molar-refractivity contribution in [2.75, 3.05) is 11.5 Å². The van der Waals surface area contributed by atoms with Crippen LogP contribution >= 0.6 is 43.2 Å². The van der Waals surface area contributed by atoms with Gasteiger partial charge in [-0.1, -0.05) is 77.8 Å². The summed E-state index contributed by atoms with van der Waals surface area (Å²) in [5.74, 6) is 2.44. The van der Waals surface area contributed by atoms with Gasteiger partial charge in [0.2, 0.25) is 0 Å². The van der Waals surface area contributed by atoms with Crippen LogP contribution in [0.25, 0.3) is 0 Å². The van der Waals surface area contributed by atoms with E-state index in [1.54, 1.807) is 0 Å². The second-order valence-corrected chi connectivity index (χ2v) is 11.5. The maximum Gasteiger partial charge on any atom is 0.0341 e. The Balaban J connectivity index is 2.85. The van der Waals surface area contributed by atoms with E-state index in [0.717, 1.165) is 0 Å². The summed E-state index contributed by atoms with van der Waals surface area (Å²) in [6.07, 6.45) is 3.98. The molecule has 0 nitrogen and oxygen atoms in total. The molecule has 18 heavy (non-hydrogen) atoms. The standard InChI is InChI=1S/C14H28S4/c1-7-12(5)13(6,17-15-9-3)11-14(12,8-2)18-16-10-4/h7-11H2,1-6H3. The van der Waals surface area contributed by atoms with E-state index in [0.29, 0.717) is 14.9 Å². The highest BCUT2D eigenvalue weighted by Crippen LogP contribution is 2.74. The molecule has 0 spiro atoms. The highest BCUT2D eigenvalue weighted by Gasteiger charge is 2.68. The first-order valence-corrected chi connectivity index (χ1v) is 11.7. The van der Waals surface area contributed by atoms with Gasteiger partial charge in [0.15, 0.2) is 0 Å². The fourth-order valence-electron chi connectivity index (χ4n) is 3.18. The van der Waals surface area contributed by atoms with Crippen LogP contribution in [-0.4, -0.2) is 21.0 Å². The predicted octanol–water partition coefficient (Wildman–Crippen LogP) is 6.52. The van der Waals surface area contributed by atoms with Gasteiger partial charge in [-0.05, 0) is 31.6 Å². The predicted molar refractivity (Wildman–Crippen MR) is 95.9 cm³/mol. The molecule has 0 aromatic heterocycles. The average Bonchev–Trinajstić information content (AvgIpc) is 2.39. The normalized spacial score (nSPS) is 39.7. The van der Waals surface area contributed by atoms with E-state index in [2.05, 4.69) is 73.9 Å². The van der Waals surface area contributed by atoms with E-state index in [4.69, 9.17) is 0 Å². The van der Waals surface area contributed by atoms with Crippen LogP contribution in [0.1, 0.15) is 60.8 Å². The molecule has 0 aliphatic heterocycles. The summed E-state index contributed by atoms with van der Waals surface area (Å²) < 4.78 is 0.957. The van der Waals surface area contributed by atoms with E-state index in [-0.39, 0.29) is 0 Å². The SMILES string of the molecule is CCSSC1(C)CC(CC)(SSCC)C1(C)CC. The highest BCUT2D eigenvalue weighted by atomic mass is 33.1. The van der Waals surface area contributed by atoms with Gasteiger partial charge in [0.1, 0.15) is 0 Å². The number of rotatable bonds is 8. The smallest absolute Gasteiger partial charge is 0.0341 e. The molecule has 1 aliphatic rings. The molecular weight excluding hydrogens is 296 g/mol. The molecule has 0 N–H and O–H groups in total. The van der Waals surface area contributed by atoms with Gasteiger partial charge < -0.3 is 0 Å². The summed E-state index contributed by atoms with van der Waals surface area (Å²) >= 11 is 0. The molecule has 0 aromatic carbocycles. The third-order valence-corrected chi connectivity index (χ3v) is 11.8. The molecule has 0 saturated heterocycles. The maximum absolute atomic E-state index is 2.53. The molecule has 3 atom stereocenters. The Hall–Kier alpha value is 1.40. The summed E-state index contributed by atoms with van der Waals surface area (Å²) in [5, 5.41) is 0. The van der Waals surface area contributed by atoms with Gasteiger partial charge in [-0.3, -0.25) is 0 Å². The molecule has 0 bridgehead atoms. The van der Waals surface area contributed by atoms with E-state index in [9.17, 15) is 0 Å². The second kappa shape index (κ2) is 6.91. The van der Waals surface area contributed by atoms with Gasteiger partial charge in [-0.2, -0.15) is 0 Å². The number of hydrogen-bond acceptors (Lipinski definition) is 4.